The maximum absolute atomic E-state index is 12.9. The van der Waals surface area contributed by atoms with Gasteiger partial charge in [0, 0.05) is 17.9 Å². The van der Waals surface area contributed by atoms with Crippen molar-refractivity contribution in [3.8, 4) is 0 Å². The molecule has 0 aliphatic carbocycles. The molecule has 1 atom stereocenters. The van der Waals surface area contributed by atoms with Crippen LogP contribution in [0.5, 0.6) is 0 Å². The highest BCUT2D eigenvalue weighted by atomic mass is 35.5. The molecule has 0 saturated heterocycles. The van der Waals surface area contributed by atoms with Crippen molar-refractivity contribution < 1.29 is 9.18 Å². The Morgan fingerprint density at radius 2 is 2.11 bits per heavy atom. The molecule has 1 rings (SSSR count). The lowest BCUT2D eigenvalue weighted by Gasteiger charge is -2.16. The van der Waals surface area contributed by atoms with Gasteiger partial charge in [0.2, 0.25) is 0 Å². The minimum atomic E-state index is -0.388. The first-order chi connectivity index (χ1) is 8.92. The summed E-state index contributed by atoms with van der Waals surface area (Å²) in [5.74, 6) is 0.452. The van der Waals surface area contributed by atoms with Crippen LogP contribution in [0.2, 0.25) is 5.02 Å². The summed E-state index contributed by atoms with van der Waals surface area (Å²) in [5.41, 5.74) is 6.36. The number of carbonyl (C=O) groups excluding carboxylic acids is 1. The van der Waals surface area contributed by atoms with Crippen LogP contribution in [0.3, 0.4) is 0 Å². The Kier molecular flexibility index (Phi) is 6.46. The van der Waals surface area contributed by atoms with Crippen LogP contribution in [-0.4, -0.2) is 12.3 Å². The topological polar surface area (TPSA) is 43.1 Å². The Labute approximate surface area is 119 Å². The minimum absolute atomic E-state index is 0.101. The predicted octanol–water partition coefficient (Wildman–Crippen LogP) is 3.60. The third-order valence-corrected chi connectivity index (χ3v) is 3.41. The van der Waals surface area contributed by atoms with Gasteiger partial charge in [-0.25, -0.2) is 4.39 Å². The highest BCUT2D eigenvalue weighted by molar-refractivity contribution is 6.31. The van der Waals surface area contributed by atoms with Crippen molar-refractivity contribution in [2.45, 2.75) is 33.1 Å². The van der Waals surface area contributed by atoms with Crippen molar-refractivity contribution in [1.29, 1.82) is 0 Å². The summed E-state index contributed by atoms with van der Waals surface area (Å²) < 4.78 is 12.9. The van der Waals surface area contributed by atoms with Gasteiger partial charge in [0.15, 0.2) is 0 Å². The second-order valence-corrected chi connectivity index (χ2v) is 5.79. The van der Waals surface area contributed by atoms with E-state index >= 15 is 0 Å². The van der Waals surface area contributed by atoms with Crippen molar-refractivity contribution in [3.05, 3.63) is 34.6 Å². The zero-order valence-electron chi connectivity index (χ0n) is 11.5. The Balaban J connectivity index is 2.59. The summed E-state index contributed by atoms with van der Waals surface area (Å²) in [6.45, 7) is 4.75. The first kappa shape index (κ1) is 16.1. The Morgan fingerprint density at radius 1 is 1.42 bits per heavy atom. The Hall–Kier alpha value is -0.930. The van der Waals surface area contributed by atoms with Crippen LogP contribution < -0.4 is 5.73 Å². The lowest BCUT2D eigenvalue weighted by molar-refractivity contribution is -0.119. The van der Waals surface area contributed by atoms with Crippen LogP contribution in [0.1, 0.15) is 32.3 Å². The maximum atomic E-state index is 12.9. The number of halogens is 2. The molecule has 0 aliphatic heterocycles. The number of Topliss-reactive ketones (excluding diaryl/α,β-unsaturated/α-hetero) is 1. The van der Waals surface area contributed by atoms with E-state index in [0.29, 0.717) is 29.5 Å². The SMILES string of the molecule is CC(C)CC(CN)CC(=O)Cc1ccc(F)cc1Cl. The third kappa shape index (κ3) is 5.70. The van der Waals surface area contributed by atoms with Crippen LogP contribution in [0.4, 0.5) is 4.39 Å². The number of carbonyl (C=O) groups is 1. The molecule has 106 valence electrons. The lowest BCUT2D eigenvalue weighted by Crippen LogP contribution is -2.21. The average Bonchev–Trinajstić information content (AvgIpc) is 2.31. The monoisotopic (exact) mass is 285 g/mol. The lowest BCUT2D eigenvalue weighted by atomic mass is 9.91. The first-order valence-electron chi connectivity index (χ1n) is 6.58. The number of rotatable bonds is 7. The molecule has 0 bridgehead atoms. The largest absolute Gasteiger partial charge is 0.330 e. The van der Waals surface area contributed by atoms with Gasteiger partial charge in [0.25, 0.3) is 0 Å². The standard InChI is InChI=1S/C15H21ClFNO/c1-10(2)5-11(9-18)6-14(19)7-12-3-4-13(17)8-15(12)16/h3-4,8,10-11H,5-7,9,18H2,1-2H3. The van der Waals surface area contributed by atoms with Gasteiger partial charge in [0.05, 0.1) is 0 Å². The van der Waals surface area contributed by atoms with Gasteiger partial charge in [-0.3, -0.25) is 4.79 Å². The molecule has 0 saturated carbocycles. The quantitative estimate of drug-likeness (QED) is 0.832. The number of benzene rings is 1. The van der Waals surface area contributed by atoms with E-state index in [0.717, 1.165) is 6.42 Å². The summed E-state index contributed by atoms with van der Waals surface area (Å²) in [5, 5.41) is 0.307. The number of ketones is 1. The van der Waals surface area contributed by atoms with E-state index in [-0.39, 0.29) is 23.9 Å². The number of nitrogens with two attached hydrogens (primary N) is 1. The van der Waals surface area contributed by atoms with Crippen molar-refractivity contribution >= 4 is 17.4 Å². The van der Waals surface area contributed by atoms with E-state index in [9.17, 15) is 9.18 Å². The molecule has 1 unspecified atom stereocenters. The van der Waals surface area contributed by atoms with Gasteiger partial charge in [-0.15, -0.1) is 0 Å². The fourth-order valence-corrected chi connectivity index (χ4v) is 2.44. The minimum Gasteiger partial charge on any atom is -0.330 e. The van der Waals surface area contributed by atoms with Gasteiger partial charge >= 0.3 is 0 Å². The summed E-state index contributed by atoms with van der Waals surface area (Å²) in [4.78, 5) is 12.0. The third-order valence-electron chi connectivity index (χ3n) is 3.06. The fourth-order valence-electron chi connectivity index (χ4n) is 2.20. The van der Waals surface area contributed by atoms with Gasteiger partial charge in [-0.05, 0) is 42.5 Å². The molecule has 0 amide bonds. The molecule has 0 aromatic heterocycles. The zero-order chi connectivity index (χ0) is 14.4. The molecule has 2 N–H and O–H groups in total. The zero-order valence-corrected chi connectivity index (χ0v) is 12.2. The molecule has 1 aromatic carbocycles. The summed E-state index contributed by atoms with van der Waals surface area (Å²) in [7, 11) is 0. The van der Waals surface area contributed by atoms with Crippen molar-refractivity contribution in [2.24, 2.45) is 17.6 Å². The number of hydrogen-bond donors (Lipinski definition) is 1. The van der Waals surface area contributed by atoms with E-state index in [1.165, 1.54) is 12.1 Å². The van der Waals surface area contributed by atoms with Gasteiger partial charge in [0.1, 0.15) is 11.6 Å². The molecule has 2 nitrogen and oxygen atoms in total. The maximum Gasteiger partial charge on any atom is 0.137 e. The molecule has 19 heavy (non-hydrogen) atoms. The Morgan fingerprint density at radius 3 is 2.63 bits per heavy atom. The van der Waals surface area contributed by atoms with Gasteiger partial charge in [-0.1, -0.05) is 31.5 Å². The smallest absolute Gasteiger partial charge is 0.137 e. The van der Waals surface area contributed by atoms with Crippen molar-refractivity contribution in [2.75, 3.05) is 6.54 Å². The average molecular weight is 286 g/mol. The summed E-state index contributed by atoms with van der Waals surface area (Å²) in [6, 6.07) is 4.12. The highest BCUT2D eigenvalue weighted by Gasteiger charge is 2.15. The van der Waals surface area contributed by atoms with Crippen LogP contribution in [0, 0.1) is 17.7 Å². The van der Waals surface area contributed by atoms with Gasteiger partial charge < -0.3 is 5.73 Å². The van der Waals surface area contributed by atoms with Crippen molar-refractivity contribution in [1.82, 2.24) is 0 Å². The first-order valence-corrected chi connectivity index (χ1v) is 6.95. The van der Waals surface area contributed by atoms with Crippen LogP contribution in [0.25, 0.3) is 0 Å². The molecule has 0 fully saturated rings. The molecule has 1 aromatic rings. The molecule has 0 spiro atoms. The fraction of sp³-hybridized carbons (Fsp3) is 0.533. The summed E-state index contributed by atoms with van der Waals surface area (Å²) >= 11 is 5.91. The van der Waals surface area contributed by atoms with Gasteiger partial charge in [-0.2, -0.15) is 0 Å². The van der Waals surface area contributed by atoms with Crippen molar-refractivity contribution in [3.63, 3.8) is 0 Å². The second kappa shape index (κ2) is 7.61. The van der Waals surface area contributed by atoms with Crippen LogP contribution in [0.15, 0.2) is 18.2 Å². The predicted molar refractivity (Wildman–Crippen MR) is 76.7 cm³/mol. The van der Waals surface area contributed by atoms with E-state index in [2.05, 4.69) is 13.8 Å². The van der Waals surface area contributed by atoms with E-state index in [1.807, 2.05) is 0 Å². The normalized spacial score (nSPS) is 12.7. The molecular formula is C15H21ClFNO. The van der Waals surface area contributed by atoms with E-state index in [4.69, 9.17) is 17.3 Å². The second-order valence-electron chi connectivity index (χ2n) is 5.39. The van der Waals surface area contributed by atoms with Crippen LogP contribution >= 0.6 is 11.6 Å². The molecule has 4 heteroatoms. The highest BCUT2D eigenvalue weighted by Crippen LogP contribution is 2.20. The molecule has 0 heterocycles. The molecule has 0 radical (unpaired) electrons. The van der Waals surface area contributed by atoms with E-state index < -0.39 is 0 Å². The number of hydrogen-bond acceptors (Lipinski definition) is 2. The Bertz CT molecular complexity index is 434. The molecule has 0 aliphatic rings. The summed E-state index contributed by atoms with van der Waals surface area (Å²) in [6.07, 6.45) is 1.65. The van der Waals surface area contributed by atoms with E-state index in [1.54, 1.807) is 6.07 Å². The molecular weight excluding hydrogens is 265 g/mol. The van der Waals surface area contributed by atoms with Crippen LogP contribution in [-0.2, 0) is 11.2 Å².